The molecule has 100 valence electrons. The van der Waals surface area contributed by atoms with Crippen molar-refractivity contribution in [1.29, 1.82) is 0 Å². The van der Waals surface area contributed by atoms with Gasteiger partial charge in [-0.3, -0.25) is 0 Å². The predicted molar refractivity (Wildman–Crippen MR) is 82.5 cm³/mol. The Balaban J connectivity index is 2.37. The van der Waals surface area contributed by atoms with Crippen LogP contribution in [0.4, 0.5) is 0 Å². The van der Waals surface area contributed by atoms with Crippen molar-refractivity contribution in [3.8, 4) is 5.75 Å². The molecule has 0 aliphatic carbocycles. The van der Waals surface area contributed by atoms with E-state index in [1.165, 1.54) is 5.56 Å². The maximum Gasteiger partial charge on any atom is 0.124 e. The minimum Gasteiger partial charge on any atom is -0.494 e. The van der Waals surface area contributed by atoms with Crippen LogP contribution < -0.4 is 10.5 Å². The van der Waals surface area contributed by atoms with Gasteiger partial charge in [-0.15, -0.1) is 0 Å². The van der Waals surface area contributed by atoms with E-state index in [2.05, 4.69) is 41.1 Å². The highest BCUT2D eigenvalue weighted by Gasteiger charge is 2.14. The number of ether oxygens (including phenoxy) is 1. The molecule has 0 aliphatic rings. The highest BCUT2D eigenvalue weighted by atomic mass is 79.9. The summed E-state index contributed by atoms with van der Waals surface area (Å²) in [6, 6.07) is 14.0. The van der Waals surface area contributed by atoms with Crippen LogP contribution in [0, 0.1) is 6.92 Å². The molecule has 2 rings (SSSR count). The second kappa shape index (κ2) is 6.22. The van der Waals surface area contributed by atoms with Crippen LogP contribution in [0.25, 0.3) is 0 Å². The minimum absolute atomic E-state index is 0.181. The summed E-state index contributed by atoms with van der Waals surface area (Å²) >= 11 is 3.55. The molecule has 3 heteroatoms. The molecule has 0 fully saturated rings. The predicted octanol–water partition coefficient (Wildman–Crippen LogP) is 4.20. The average molecular weight is 320 g/mol. The normalized spacial score (nSPS) is 12.2. The van der Waals surface area contributed by atoms with E-state index in [9.17, 15) is 0 Å². The fourth-order valence-electron chi connectivity index (χ4n) is 2.01. The quantitative estimate of drug-likeness (QED) is 0.916. The third-order valence-electron chi connectivity index (χ3n) is 3.11. The summed E-state index contributed by atoms with van der Waals surface area (Å²) in [6.45, 7) is 4.68. The molecule has 0 radical (unpaired) electrons. The molecular formula is C16H18BrNO. The highest BCUT2D eigenvalue weighted by molar-refractivity contribution is 9.10. The van der Waals surface area contributed by atoms with Gasteiger partial charge in [-0.1, -0.05) is 46.3 Å². The largest absolute Gasteiger partial charge is 0.494 e. The van der Waals surface area contributed by atoms with Gasteiger partial charge in [0.1, 0.15) is 5.75 Å². The Morgan fingerprint density at radius 2 is 1.95 bits per heavy atom. The molecule has 19 heavy (non-hydrogen) atoms. The fraction of sp³-hybridized carbons (Fsp3) is 0.250. The first-order valence-electron chi connectivity index (χ1n) is 6.36. The van der Waals surface area contributed by atoms with Gasteiger partial charge >= 0.3 is 0 Å². The van der Waals surface area contributed by atoms with Crippen molar-refractivity contribution in [1.82, 2.24) is 0 Å². The molecule has 1 atom stereocenters. The number of para-hydroxylation sites is 1. The van der Waals surface area contributed by atoms with Gasteiger partial charge in [0.2, 0.25) is 0 Å². The third kappa shape index (κ3) is 3.17. The highest BCUT2D eigenvalue weighted by Crippen LogP contribution is 2.30. The SMILES string of the molecule is CCOc1ccccc1C(N)c1ccc(C)c(Br)c1. The van der Waals surface area contributed by atoms with Gasteiger partial charge in [-0.05, 0) is 37.1 Å². The van der Waals surface area contributed by atoms with Crippen LogP contribution in [0.1, 0.15) is 29.7 Å². The standard InChI is InChI=1S/C16H18BrNO/c1-3-19-15-7-5-4-6-13(15)16(18)12-9-8-11(2)14(17)10-12/h4-10,16H,3,18H2,1-2H3. The van der Waals surface area contributed by atoms with E-state index in [1.807, 2.05) is 31.2 Å². The molecule has 2 aromatic carbocycles. The van der Waals surface area contributed by atoms with Gasteiger partial charge in [-0.25, -0.2) is 0 Å². The van der Waals surface area contributed by atoms with Crippen LogP contribution in [0.3, 0.4) is 0 Å². The Kier molecular flexibility index (Phi) is 4.61. The lowest BCUT2D eigenvalue weighted by molar-refractivity contribution is 0.335. The second-order valence-corrected chi connectivity index (χ2v) is 5.31. The van der Waals surface area contributed by atoms with Gasteiger partial charge in [-0.2, -0.15) is 0 Å². The van der Waals surface area contributed by atoms with Crippen LogP contribution in [-0.4, -0.2) is 6.61 Å². The Hall–Kier alpha value is -1.32. The topological polar surface area (TPSA) is 35.2 Å². The van der Waals surface area contributed by atoms with Crippen LogP contribution in [0.15, 0.2) is 46.9 Å². The first kappa shape index (κ1) is 14.1. The summed E-state index contributed by atoms with van der Waals surface area (Å²) in [4.78, 5) is 0. The first-order chi connectivity index (χ1) is 9.13. The van der Waals surface area contributed by atoms with E-state index in [0.717, 1.165) is 21.3 Å². The first-order valence-corrected chi connectivity index (χ1v) is 7.16. The zero-order chi connectivity index (χ0) is 13.8. The molecule has 2 N–H and O–H groups in total. The summed E-state index contributed by atoms with van der Waals surface area (Å²) in [5.41, 5.74) is 9.66. The van der Waals surface area contributed by atoms with Crippen LogP contribution in [0.2, 0.25) is 0 Å². The summed E-state index contributed by atoms with van der Waals surface area (Å²) < 4.78 is 6.72. The van der Waals surface area contributed by atoms with Crippen molar-refractivity contribution < 1.29 is 4.74 Å². The van der Waals surface area contributed by atoms with Crippen molar-refractivity contribution in [3.63, 3.8) is 0 Å². The molecule has 0 heterocycles. The van der Waals surface area contributed by atoms with Crippen molar-refractivity contribution in [3.05, 3.63) is 63.6 Å². The smallest absolute Gasteiger partial charge is 0.124 e. The molecular weight excluding hydrogens is 302 g/mol. The molecule has 0 bridgehead atoms. The van der Waals surface area contributed by atoms with Gasteiger partial charge < -0.3 is 10.5 Å². The van der Waals surface area contributed by atoms with E-state index in [1.54, 1.807) is 0 Å². The molecule has 0 spiro atoms. The van der Waals surface area contributed by atoms with E-state index in [-0.39, 0.29) is 6.04 Å². The Morgan fingerprint density at radius 1 is 1.21 bits per heavy atom. The molecule has 1 unspecified atom stereocenters. The van der Waals surface area contributed by atoms with E-state index in [4.69, 9.17) is 10.5 Å². The van der Waals surface area contributed by atoms with Gasteiger partial charge in [0.15, 0.2) is 0 Å². The molecule has 0 aliphatic heterocycles. The van der Waals surface area contributed by atoms with Crippen molar-refractivity contribution in [2.45, 2.75) is 19.9 Å². The maximum atomic E-state index is 6.37. The second-order valence-electron chi connectivity index (χ2n) is 4.46. The van der Waals surface area contributed by atoms with Crippen LogP contribution in [0.5, 0.6) is 5.75 Å². The summed E-state index contributed by atoms with van der Waals surface area (Å²) in [5.74, 6) is 0.856. The van der Waals surface area contributed by atoms with E-state index < -0.39 is 0 Å². The summed E-state index contributed by atoms with van der Waals surface area (Å²) in [7, 11) is 0. The molecule has 0 saturated heterocycles. The lowest BCUT2D eigenvalue weighted by atomic mass is 9.98. The zero-order valence-electron chi connectivity index (χ0n) is 11.2. The zero-order valence-corrected chi connectivity index (χ0v) is 12.8. The fourth-order valence-corrected chi connectivity index (χ4v) is 2.40. The summed E-state index contributed by atoms with van der Waals surface area (Å²) in [6.07, 6.45) is 0. The number of rotatable bonds is 4. The number of aryl methyl sites for hydroxylation is 1. The molecule has 2 nitrogen and oxygen atoms in total. The molecule has 0 aromatic heterocycles. The molecule has 0 amide bonds. The molecule has 2 aromatic rings. The van der Waals surface area contributed by atoms with Crippen LogP contribution >= 0.6 is 15.9 Å². The number of nitrogens with two attached hydrogens (primary N) is 1. The van der Waals surface area contributed by atoms with Gasteiger partial charge in [0, 0.05) is 10.0 Å². The summed E-state index contributed by atoms with van der Waals surface area (Å²) in [5, 5.41) is 0. The Labute approximate surface area is 122 Å². The van der Waals surface area contributed by atoms with Crippen molar-refractivity contribution in [2.24, 2.45) is 5.73 Å². The lowest BCUT2D eigenvalue weighted by Gasteiger charge is -2.17. The number of benzene rings is 2. The van der Waals surface area contributed by atoms with Crippen molar-refractivity contribution in [2.75, 3.05) is 6.61 Å². The molecule has 0 saturated carbocycles. The minimum atomic E-state index is -0.181. The van der Waals surface area contributed by atoms with Gasteiger partial charge in [0.05, 0.1) is 12.6 Å². The Morgan fingerprint density at radius 3 is 2.63 bits per heavy atom. The number of hydrogen-bond acceptors (Lipinski definition) is 2. The Bertz CT molecular complexity index is 568. The maximum absolute atomic E-state index is 6.37. The van der Waals surface area contributed by atoms with Crippen LogP contribution in [-0.2, 0) is 0 Å². The monoisotopic (exact) mass is 319 g/mol. The number of halogens is 1. The van der Waals surface area contributed by atoms with Gasteiger partial charge in [0.25, 0.3) is 0 Å². The van der Waals surface area contributed by atoms with E-state index >= 15 is 0 Å². The third-order valence-corrected chi connectivity index (χ3v) is 3.96. The number of hydrogen-bond donors (Lipinski definition) is 1. The average Bonchev–Trinajstić information content (AvgIpc) is 2.42. The van der Waals surface area contributed by atoms with Crippen molar-refractivity contribution >= 4 is 15.9 Å². The lowest BCUT2D eigenvalue weighted by Crippen LogP contribution is -2.13. The van der Waals surface area contributed by atoms with E-state index in [0.29, 0.717) is 6.61 Å².